The molecule has 0 fully saturated rings. The summed E-state index contributed by atoms with van der Waals surface area (Å²) < 4.78 is 47.4. The zero-order chi connectivity index (χ0) is 19.0. The van der Waals surface area contributed by atoms with Gasteiger partial charge >= 0.3 is 18.2 Å². The number of nitrogens with zero attached hydrogens (tertiary/aromatic N) is 3. The Balaban J connectivity index is 1.49. The number of fused-ring (bicyclic) bond motifs is 1. The summed E-state index contributed by atoms with van der Waals surface area (Å²) in [6.45, 7) is 0.768. The van der Waals surface area contributed by atoms with Crippen LogP contribution in [-0.4, -0.2) is 27.7 Å². The molecule has 0 saturated heterocycles. The van der Waals surface area contributed by atoms with Gasteiger partial charge in [0.25, 0.3) is 0 Å². The van der Waals surface area contributed by atoms with Gasteiger partial charge in [-0.1, -0.05) is 23.4 Å². The van der Waals surface area contributed by atoms with Gasteiger partial charge in [-0.15, -0.1) is 11.3 Å². The number of alkyl halides is 3. The third-order valence-electron chi connectivity index (χ3n) is 3.98. The van der Waals surface area contributed by atoms with Crippen molar-refractivity contribution in [1.29, 1.82) is 0 Å². The summed E-state index contributed by atoms with van der Waals surface area (Å²) in [5.74, 6) is -1.04. The van der Waals surface area contributed by atoms with Gasteiger partial charge in [-0.2, -0.15) is 18.2 Å². The summed E-state index contributed by atoms with van der Waals surface area (Å²) in [5, 5.41) is 3.41. The van der Waals surface area contributed by atoms with E-state index in [-0.39, 0.29) is 5.82 Å². The molecule has 10 heteroatoms. The maximum Gasteiger partial charge on any atom is 0.471 e. The number of benzene rings is 1. The van der Waals surface area contributed by atoms with Crippen LogP contribution in [0.3, 0.4) is 0 Å². The molecule has 27 heavy (non-hydrogen) atoms. The number of halogens is 3. The number of hydrogen-bond acceptors (Lipinski definition) is 6. The van der Waals surface area contributed by atoms with E-state index >= 15 is 0 Å². The molecule has 0 spiro atoms. The lowest BCUT2D eigenvalue weighted by Gasteiger charge is -2.25. The van der Waals surface area contributed by atoms with Crippen molar-refractivity contribution in [2.75, 3.05) is 6.54 Å². The first-order chi connectivity index (χ1) is 12.9. The molecule has 1 amide bonds. The average Bonchev–Trinajstić information content (AvgIpc) is 3.28. The standard InChI is InChI=1S/C17H12F3N3O3S/c18-17(19,20)15-21-14(22-26-15)12-8-10-6-7-23(9-13(10)27-12)16(24)25-11-4-2-1-3-5-11/h1-5,8H,6-7,9H2. The number of carbonyl (C=O) groups excluding carboxylic acids is 1. The van der Waals surface area contributed by atoms with Crippen molar-refractivity contribution in [3.8, 4) is 16.5 Å². The number of aromatic nitrogens is 2. The van der Waals surface area contributed by atoms with Gasteiger partial charge in [0, 0.05) is 11.4 Å². The van der Waals surface area contributed by atoms with Crippen LogP contribution in [0.4, 0.5) is 18.0 Å². The number of amides is 1. The molecule has 0 radical (unpaired) electrons. The van der Waals surface area contributed by atoms with Gasteiger partial charge in [0.1, 0.15) is 5.75 Å². The highest BCUT2D eigenvalue weighted by Gasteiger charge is 2.38. The van der Waals surface area contributed by atoms with E-state index in [9.17, 15) is 18.0 Å². The van der Waals surface area contributed by atoms with Crippen molar-refractivity contribution in [3.63, 3.8) is 0 Å². The van der Waals surface area contributed by atoms with Gasteiger partial charge in [0.15, 0.2) is 0 Å². The Hall–Kier alpha value is -2.88. The molecular weight excluding hydrogens is 383 g/mol. The summed E-state index contributed by atoms with van der Waals surface area (Å²) >= 11 is 1.24. The normalized spacial score (nSPS) is 14.1. The van der Waals surface area contributed by atoms with E-state index in [2.05, 4.69) is 14.7 Å². The van der Waals surface area contributed by atoms with Crippen LogP contribution >= 0.6 is 11.3 Å². The van der Waals surface area contributed by atoms with E-state index in [1.54, 1.807) is 35.2 Å². The second-order valence-corrected chi connectivity index (χ2v) is 6.97. The van der Waals surface area contributed by atoms with Crippen LogP contribution in [0.2, 0.25) is 0 Å². The van der Waals surface area contributed by atoms with Gasteiger partial charge in [-0.05, 0) is 30.2 Å². The van der Waals surface area contributed by atoms with E-state index in [0.29, 0.717) is 30.1 Å². The fraction of sp³-hybridized carbons (Fsp3) is 0.235. The van der Waals surface area contributed by atoms with Crippen LogP contribution in [0, 0.1) is 0 Å². The van der Waals surface area contributed by atoms with E-state index < -0.39 is 18.2 Å². The van der Waals surface area contributed by atoms with Crippen LogP contribution in [0.5, 0.6) is 5.75 Å². The Bertz CT molecular complexity index is 969. The molecule has 1 aromatic carbocycles. The number of hydrogen-bond donors (Lipinski definition) is 0. The lowest BCUT2D eigenvalue weighted by atomic mass is 10.1. The highest BCUT2D eigenvalue weighted by Crippen LogP contribution is 2.35. The number of thiophene rings is 1. The largest absolute Gasteiger partial charge is 0.471 e. The van der Waals surface area contributed by atoms with Gasteiger partial charge in [0.05, 0.1) is 11.4 Å². The molecule has 0 saturated carbocycles. The van der Waals surface area contributed by atoms with Crippen LogP contribution in [0.25, 0.3) is 10.7 Å². The van der Waals surface area contributed by atoms with Crippen molar-refractivity contribution in [2.45, 2.75) is 19.1 Å². The average molecular weight is 395 g/mol. The maximum atomic E-state index is 12.6. The molecule has 0 aliphatic carbocycles. The molecule has 0 bridgehead atoms. The minimum absolute atomic E-state index is 0.111. The van der Waals surface area contributed by atoms with Gasteiger partial charge < -0.3 is 14.2 Å². The first-order valence-electron chi connectivity index (χ1n) is 7.95. The Morgan fingerprint density at radius 1 is 1.26 bits per heavy atom. The Morgan fingerprint density at radius 3 is 2.74 bits per heavy atom. The summed E-state index contributed by atoms with van der Waals surface area (Å²) in [6.07, 6.45) is -4.58. The summed E-state index contributed by atoms with van der Waals surface area (Å²) in [6, 6.07) is 10.5. The maximum absolute atomic E-state index is 12.6. The van der Waals surface area contributed by atoms with Gasteiger partial charge in [0.2, 0.25) is 5.82 Å². The van der Waals surface area contributed by atoms with Gasteiger partial charge in [-0.25, -0.2) is 4.79 Å². The molecule has 3 heterocycles. The van der Waals surface area contributed by atoms with Crippen LogP contribution in [-0.2, 0) is 19.1 Å². The highest BCUT2D eigenvalue weighted by atomic mass is 32.1. The Kier molecular flexibility index (Phi) is 4.34. The van der Waals surface area contributed by atoms with E-state index in [1.165, 1.54) is 11.3 Å². The molecule has 1 aliphatic rings. The number of ether oxygens (including phenoxy) is 1. The first-order valence-corrected chi connectivity index (χ1v) is 8.76. The highest BCUT2D eigenvalue weighted by molar-refractivity contribution is 7.15. The summed E-state index contributed by atoms with van der Waals surface area (Å²) in [7, 11) is 0. The van der Waals surface area contributed by atoms with E-state index in [1.807, 2.05) is 6.07 Å². The molecule has 2 aromatic heterocycles. The zero-order valence-corrected chi connectivity index (χ0v) is 14.5. The van der Waals surface area contributed by atoms with Crippen molar-refractivity contribution in [2.24, 2.45) is 0 Å². The third kappa shape index (κ3) is 3.65. The Labute approximate surface area is 155 Å². The molecule has 4 rings (SSSR count). The molecular formula is C17H12F3N3O3S. The number of rotatable bonds is 2. The van der Waals surface area contributed by atoms with E-state index in [0.717, 1.165) is 10.4 Å². The molecule has 0 unspecified atom stereocenters. The monoisotopic (exact) mass is 395 g/mol. The summed E-state index contributed by atoms with van der Waals surface area (Å²) in [4.78, 5) is 18.6. The van der Waals surface area contributed by atoms with Crippen LogP contribution in [0.1, 0.15) is 16.3 Å². The molecule has 140 valence electrons. The lowest BCUT2D eigenvalue weighted by Crippen LogP contribution is -2.37. The predicted molar refractivity (Wildman–Crippen MR) is 89.2 cm³/mol. The van der Waals surface area contributed by atoms with Crippen LogP contribution < -0.4 is 4.74 Å². The number of carbonyl (C=O) groups is 1. The number of para-hydroxylation sites is 1. The van der Waals surface area contributed by atoms with E-state index in [4.69, 9.17) is 4.74 Å². The predicted octanol–water partition coefficient (Wildman–Crippen LogP) is 4.37. The van der Waals surface area contributed by atoms with Crippen LogP contribution in [0.15, 0.2) is 40.9 Å². The lowest BCUT2D eigenvalue weighted by molar-refractivity contribution is -0.159. The minimum Gasteiger partial charge on any atom is -0.410 e. The zero-order valence-electron chi connectivity index (χ0n) is 13.7. The molecule has 0 N–H and O–H groups in total. The van der Waals surface area contributed by atoms with Gasteiger partial charge in [-0.3, -0.25) is 0 Å². The molecule has 0 atom stereocenters. The SMILES string of the molecule is O=C(Oc1ccccc1)N1CCc2cc(-c3noc(C(F)(F)F)n3)sc2C1. The molecule has 3 aromatic rings. The molecule has 1 aliphatic heterocycles. The fourth-order valence-corrected chi connectivity index (χ4v) is 3.83. The smallest absolute Gasteiger partial charge is 0.410 e. The van der Waals surface area contributed by atoms with Crippen molar-refractivity contribution in [1.82, 2.24) is 15.0 Å². The second kappa shape index (κ2) is 6.69. The third-order valence-corrected chi connectivity index (χ3v) is 5.14. The fourth-order valence-electron chi connectivity index (χ4n) is 2.68. The Morgan fingerprint density at radius 2 is 2.04 bits per heavy atom. The topological polar surface area (TPSA) is 68.5 Å². The second-order valence-electron chi connectivity index (χ2n) is 5.83. The summed E-state index contributed by atoms with van der Waals surface area (Å²) in [5.41, 5.74) is 0.956. The van der Waals surface area contributed by atoms with Crippen molar-refractivity contribution in [3.05, 3.63) is 52.7 Å². The van der Waals surface area contributed by atoms with Crippen molar-refractivity contribution >= 4 is 17.4 Å². The minimum atomic E-state index is -4.68. The molecule has 6 nitrogen and oxygen atoms in total. The quantitative estimate of drug-likeness (QED) is 0.644. The van der Waals surface area contributed by atoms with Crippen molar-refractivity contribution < 1.29 is 27.2 Å². The first kappa shape index (κ1) is 17.5.